The zero-order chi connectivity index (χ0) is 22.8. The lowest BCUT2D eigenvalue weighted by molar-refractivity contribution is -0.116. The summed E-state index contributed by atoms with van der Waals surface area (Å²) in [5.41, 5.74) is 1.72. The van der Waals surface area contributed by atoms with Crippen molar-refractivity contribution in [3.05, 3.63) is 36.3 Å². The Morgan fingerprint density at radius 2 is 1.76 bits per heavy atom. The van der Waals surface area contributed by atoms with E-state index in [1.165, 1.54) is 28.2 Å². The molecule has 10 heteroatoms. The number of aromatic nitrogens is 3. The Morgan fingerprint density at radius 1 is 1.00 bits per heavy atom. The number of hydrogen-bond donors (Lipinski definition) is 2. The summed E-state index contributed by atoms with van der Waals surface area (Å²) in [6, 6.07) is 3.83. The summed E-state index contributed by atoms with van der Waals surface area (Å²) in [5, 5.41) is 6.90. The fourth-order valence-corrected chi connectivity index (χ4v) is 4.46. The number of imide groups is 1. The topological polar surface area (TPSA) is 113 Å². The number of pyridine rings is 1. The summed E-state index contributed by atoms with van der Waals surface area (Å²) < 4.78 is 5.01. The maximum Gasteiger partial charge on any atom is 0.332 e. The summed E-state index contributed by atoms with van der Waals surface area (Å²) in [6.45, 7) is 0.839. The number of amides is 3. The van der Waals surface area contributed by atoms with Crippen LogP contribution in [0, 0.1) is 0 Å². The minimum atomic E-state index is -0.336. The fourth-order valence-electron chi connectivity index (χ4n) is 4.46. The van der Waals surface area contributed by atoms with Crippen molar-refractivity contribution < 1.29 is 14.3 Å². The van der Waals surface area contributed by atoms with Crippen molar-refractivity contribution >= 4 is 29.4 Å². The Hall–Kier alpha value is -3.27. The van der Waals surface area contributed by atoms with Gasteiger partial charge in [0.05, 0.1) is 18.5 Å². The van der Waals surface area contributed by atoms with Gasteiger partial charge in [0.1, 0.15) is 12.4 Å². The molecular formula is C23H29N7O3. The first-order valence-electron chi connectivity index (χ1n) is 11.5. The van der Waals surface area contributed by atoms with Gasteiger partial charge >= 0.3 is 6.03 Å². The highest BCUT2D eigenvalue weighted by Crippen LogP contribution is 2.39. The zero-order valence-electron chi connectivity index (χ0n) is 18.7. The number of ether oxygens (including phenoxy) is 1. The third kappa shape index (κ3) is 4.90. The molecule has 174 valence electrons. The van der Waals surface area contributed by atoms with Gasteiger partial charge < -0.3 is 20.3 Å². The van der Waals surface area contributed by atoms with Crippen LogP contribution in [0.4, 0.5) is 22.2 Å². The molecule has 0 aromatic carbocycles. The molecule has 0 radical (unpaired) electrons. The lowest BCUT2D eigenvalue weighted by atomic mass is 10.2. The number of carbonyl (C=O) groups is 2. The van der Waals surface area contributed by atoms with Gasteiger partial charge in [0.25, 0.3) is 5.91 Å². The lowest BCUT2D eigenvalue weighted by Gasteiger charge is -2.18. The molecular weight excluding hydrogens is 422 g/mol. The zero-order valence-corrected chi connectivity index (χ0v) is 18.7. The van der Waals surface area contributed by atoms with Gasteiger partial charge in [-0.3, -0.25) is 4.79 Å². The van der Waals surface area contributed by atoms with Crippen LogP contribution >= 0.6 is 0 Å². The van der Waals surface area contributed by atoms with Crippen molar-refractivity contribution in [2.24, 2.45) is 0 Å². The number of nitrogens with zero attached hydrogens (tertiary/aromatic N) is 5. The second-order valence-electron chi connectivity index (χ2n) is 8.94. The average Bonchev–Trinajstić information content (AvgIpc) is 3.52. The number of urea groups is 1. The van der Waals surface area contributed by atoms with Gasteiger partial charge in [-0.05, 0) is 55.7 Å². The van der Waals surface area contributed by atoms with E-state index in [2.05, 4.69) is 25.6 Å². The Morgan fingerprint density at radius 3 is 2.42 bits per heavy atom. The Bertz CT molecular complexity index is 994. The van der Waals surface area contributed by atoms with E-state index in [4.69, 9.17) is 4.74 Å². The van der Waals surface area contributed by atoms with Crippen LogP contribution in [0.15, 0.2) is 30.7 Å². The quantitative estimate of drug-likeness (QED) is 0.560. The number of rotatable bonds is 9. The van der Waals surface area contributed by atoms with Crippen LogP contribution in [0.25, 0.3) is 0 Å². The highest BCUT2D eigenvalue weighted by atomic mass is 16.5. The van der Waals surface area contributed by atoms with Gasteiger partial charge in [0.15, 0.2) is 0 Å². The van der Waals surface area contributed by atoms with Crippen LogP contribution in [0.2, 0.25) is 0 Å². The molecule has 2 atom stereocenters. The molecule has 3 fully saturated rings. The molecule has 1 aliphatic heterocycles. The predicted molar refractivity (Wildman–Crippen MR) is 123 cm³/mol. The van der Waals surface area contributed by atoms with E-state index in [1.54, 1.807) is 19.4 Å². The molecule has 2 aliphatic carbocycles. The number of methoxy groups -OCH3 is 1. The van der Waals surface area contributed by atoms with Crippen molar-refractivity contribution in [1.82, 2.24) is 19.9 Å². The van der Waals surface area contributed by atoms with Crippen LogP contribution in [0.3, 0.4) is 0 Å². The molecule has 3 amide bonds. The monoisotopic (exact) mass is 451 g/mol. The van der Waals surface area contributed by atoms with Crippen LogP contribution in [0.1, 0.15) is 43.6 Å². The average molecular weight is 452 g/mol. The summed E-state index contributed by atoms with van der Waals surface area (Å²) >= 11 is 0. The molecule has 0 unspecified atom stereocenters. The molecule has 1 saturated heterocycles. The number of nitrogens with one attached hydrogen (secondary N) is 2. The van der Waals surface area contributed by atoms with Crippen molar-refractivity contribution in [3.63, 3.8) is 0 Å². The third-order valence-electron chi connectivity index (χ3n) is 6.45. The molecule has 5 rings (SSSR count). The second kappa shape index (κ2) is 9.30. The smallest absolute Gasteiger partial charge is 0.332 e. The normalized spacial score (nSPS) is 22.8. The van der Waals surface area contributed by atoms with Gasteiger partial charge in [0.2, 0.25) is 5.95 Å². The minimum Gasteiger partial charge on any atom is -0.383 e. The largest absolute Gasteiger partial charge is 0.383 e. The standard InChI is InChI=1S/C23H29N7O3/c1-33-9-8-29-14-21(31)30(23(29)32)19-6-7-20(24-13-19)27-17-4-5-18(10-17)28-22-25-11-16(12-26-22)15-2-3-15/h6-7,11-13,15,17-18H,2-5,8-10,14H2,1H3,(H,24,27)(H,25,26,28)/t17-,18-/m0/s1. The first kappa shape index (κ1) is 21.6. The highest BCUT2D eigenvalue weighted by Gasteiger charge is 2.37. The molecule has 2 aromatic heterocycles. The van der Waals surface area contributed by atoms with Gasteiger partial charge in [0, 0.05) is 38.1 Å². The van der Waals surface area contributed by atoms with Crippen LogP contribution in [-0.2, 0) is 9.53 Å². The summed E-state index contributed by atoms with van der Waals surface area (Å²) in [6.07, 6.45) is 10.9. The van der Waals surface area contributed by atoms with E-state index in [9.17, 15) is 9.59 Å². The van der Waals surface area contributed by atoms with E-state index in [1.807, 2.05) is 18.5 Å². The molecule has 2 N–H and O–H groups in total. The lowest BCUT2D eigenvalue weighted by Crippen LogP contribution is -2.34. The first-order valence-corrected chi connectivity index (χ1v) is 11.5. The Labute approximate surface area is 192 Å². The van der Waals surface area contributed by atoms with Crippen molar-refractivity contribution in [2.45, 2.75) is 50.1 Å². The highest BCUT2D eigenvalue weighted by molar-refractivity contribution is 6.19. The molecule has 2 aromatic rings. The summed E-state index contributed by atoms with van der Waals surface area (Å²) in [4.78, 5) is 40.9. The predicted octanol–water partition coefficient (Wildman–Crippen LogP) is 2.61. The van der Waals surface area contributed by atoms with Crippen LogP contribution in [-0.4, -0.2) is 70.7 Å². The molecule has 0 spiro atoms. The first-order chi connectivity index (χ1) is 16.1. The van der Waals surface area contributed by atoms with E-state index < -0.39 is 0 Å². The Kier molecular flexibility index (Phi) is 6.08. The van der Waals surface area contributed by atoms with Gasteiger partial charge in [-0.1, -0.05) is 0 Å². The number of anilines is 3. The van der Waals surface area contributed by atoms with Crippen LogP contribution in [0.5, 0.6) is 0 Å². The molecule has 10 nitrogen and oxygen atoms in total. The van der Waals surface area contributed by atoms with Gasteiger partial charge in [-0.2, -0.15) is 0 Å². The molecule has 3 heterocycles. The minimum absolute atomic E-state index is 0.0612. The third-order valence-corrected chi connectivity index (χ3v) is 6.45. The number of hydrogen-bond acceptors (Lipinski definition) is 8. The Balaban J connectivity index is 1.13. The van der Waals surface area contributed by atoms with Crippen molar-refractivity contribution in [2.75, 3.05) is 42.3 Å². The maximum atomic E-state index is 12.5. The van der Waals surface area contributed by atoms with Crippen molar-refractivity contribution in [3.8, 4) is 0 Å². The van der Waals surface area contributed by atoms with Crippen LogP contribution < -0.4 is 15.5 Å². The molecule has 2 saturated carbocycles. The van der Waals surface area contributed by atoms with E-state index in [-0.39, 0.29) is 24.5 Å². The molecule has 33 heavy (non-hydrogen) atoms. The van der Waals surface area contributed by atoms with Crippen molar-refractivity contribution in [1.29, 1.82) is 0 Å². The van der Waals surface area contributed by atoms with E-state index in [0.29, 0.717) is 36.7 Å². The van der Waals surface area contributed by atoms with E-state index in [0.717, 1.165) is 25.1 Å². The summed E-state index contributed by atoms with van der Waals surface area (Å²) in [7, 11) is 1.57. The molecule has 0 bridgehead atoms. The second-order valence-corrected chi connectivity index (χ2v) is 8.94. The number of carbonyl (C=O) groups excluding carboxylic acids is 2. The maximum absolute atomic E-state index is 12.5. The SMILES string of the molecule is COCCN1CC(=O)N(c2ccc(N[C@H]3CC[C@H](Nc4ncc(C5CC5)cn4)C3)nc2)C1=O. The van der Waals surface area contributed by atoms with Gasteiger partial charge in [-0.15, -0.1) is 0 Å². The van der Waals surface area contributed by atoms with E-state index >= 15 is 0 Å². The molecule has 3 aliphatic rings. The van der Waals surface area contributed by atoms with Gasteiger partial charge in [-0.25, -0.2) is 24.6 Å². The fraction of sp³-hybridized carbons (Fsp3) is 0.522. The summed E-state index contributed by atoms with van der Waals surface area (Å²) in [5.74, 6) is 1.82.